The molecule has 1 atom stereocenters. The number of esters is 1. The fourth-order valence-electron chi connectivity index (χ4n) is 3.12. The maximum absolute atomic E-state index is 12.4. The quantitative estimate of drug-likeness (QED) is 0.463. The molecule has 2 N–H and O–H groups in total. The Morgan fingerprint density at radius 3 is 2.48 bits per heavy atom. The minimum absolute atomic E-state index is 0.146. The van der Waals surface area contributed by atoms with Crippen molar-refractivity contribution in [3.63, 3.8) is 0 Å². The van der Waals surface area contributed by atoms with Gasteiger partial charge in [0.2, 0.25) is 0 Å². The molecule has 0 spiro atoms. The molecule has 0 aliphatic heterocycles. The summed E-state index contributed by atoms with van der Waals surface area (Å²) < 4.78 is 5.88. The van der Waals surface area contributed by atoms with Crippen LogP contribution < -0.4 is 10.6 Å². The summed E-state index contributed by atoms with van der Waals surface area (Å²) in [5, 5.41) is 6.52. The van der Waals surface area contributed by atoms with Crippen molar-refractivity contribution in [1.29, 1.82) is 0 Å². The number of amides is 2. The lowest BCUT2D eigenvalue weighted by molar-refractivity contribution is -0.147. The molecular weight excluding hydrogens is 436 g/mol. The minimum atomic E-state index is -0.701. The number of nitrogens with one attached hydrogen (secondary N) is 2. The zero-order valence-corrected chi connectivity index (χ0v) is 18.6. The van der Waals surface area contributed by atoms with Crippen molar-refractivity contribution in [1.82, 2.24) is 10.6 Å². The predicted molar refractivity (Wildman–Crippen MR) is 122 cm³/mol. The highest BCUT2D eigenvalue weighted by atomic mass is 35.5. The molecule has 1 unspecified atom stereocenters. The van der Waals surface area contributed by atoms with Gasteiger partial charge in [-0.05, 0) is 18.1 Å². The first-order valence-electron chi connectivity index (χ1n) is 9.94. The van der Waals surface area contributed by atoms with Crippen LogP contribution in [-0.4, -0.2) is 30.9 Å². The van der Waals surface area contributed by atoms with E-state index in [0.717, 1.165) is 28.5 Å². The average Bonchev–Trinajstić information content (AvgIpc) is 3.13. The lowest BCUT2D eigenvalue weighted by Gasteiger charge is -2.18. The molecule has 0 aliphatic carbocycles. The van der Waals surface area contributed by atoms with E-state index in [4.69, 9.17) is 16.3 Å². The van der Waals surface area contributed by atoms with Gasteiger partial charge in [0.25, 0.3) is 11.8 Å². The predicted octanol–water partition coefficient (Wildman–Crippen LogP) is 4.49. The Balaban J connectivity index is 1.47. The first kappa shape index (κ1) is 22.8. The maximum atomic E-state index is 12.4. The first-order valence-corrected chi connectivity index (χ1v) is 11.1. The summed E-state index contributed by atoms with van der Waals surface area (Å²) in [5.41, 5.74) is 0.997. The third kappa shape index (κ3) is 6.06. The lowest BCUT2D eigenvalue weighted by atomic mass is 10.0. The van der Waals surface area contributed by atoms with Crippen LogP contribution in [0, 0.1) is 0 Å². The molecule has 162 valence electrons. The fraction of sp³-hybridized carbons (Fsp3) is 0.261. The van der Waals surface area contributed by atoms with Gasteiger partial charge in [-0.3, -0.25) is 14.4 Å². The van der Waals surface area contributed by atoms with E-state index < -0.39 is 24.4 Å². The number of hydrogen-bond acceptors (Lipinski definition) is 5. The summed E-state index contributed by atoms with van der Waals surface area (Å²) in [6, 6.07) is 16.9. The molecule has 0 fully saturated rings. The van der Waals surface area contributed by atoms with Gasteiger partial charge < -0.3 is 15.4 Å². The molecule has 8 heteroatoms. The van der Waals surface area contributed by atoms with Crippen LogP contribution in [0.1, 0.15) is 41.0 Å². The van der Waals surface area contributed by atoms with E-state index in [2.05, 4.69) is 10.6 Å². The van der Waals surface area contributed by atoms with Gasteiger partial charge >= 0.3 is 5.97 Å². The Morgan fingerprint density at radius 2 is 1.77 bits per heavy atom. The van der Waals surface area contributed by atoms with Crippen molar-refractivity contribution in [2.24, 2.45) is 0 Å². The van der Waals surface area contributed by atoms with Crippen LogP contribution in [-0.2, 0) is 14.3 Å². The summed E-state index contributed by atoms with van der Waals surface area (Å²) >= 11 is 7.53. The number of carbonyl (C=O) groups excluding carboxylic acids is 3. The van der Waals surface area contributed by atoms with Crippen LogP contribution in [0.25, 0.3) is 10.1 Å². The number of fused-ring (bicyclic) bond motifs is 1. The van der Waals surface area contributed by atoms with Crippen molar-refractivity contribution in [3.05, 3.63) is 70.1 Å². The molecule has 1 aromatic heterocycles. The second-order valence-corrected chi connectivity index (χ2v) is 8.33. The SMILES string of the molecule is CCCC(NC(=O)COC(=O)CNC(=O)c1sc2ccccc2c1Cl)c1ccccc1. The van der Waals surface area contributed by atoms with E-state index in [1.54, 1.807) is 0 Å². The van der Waals surface area contributed by atoms with Gasteiger partial charge in [-0.2, -0.15) is 0 Å². The molecule has 1 heterocycles. The van der Waals surface area contributed by atoms with Gasteiger partial charge in [0.05, 0.1) is 11.1 Å². The molecule has 0 radical (unpaired) electrons. The monoisotopic (exact) mass is 458 g/mol. The number of ether oxygens (including phenoxy) is 1. The van der Waals surface area contributed by atoms with Crippen LogP contribution >= 0.6 is 22.9 Å². The summed E-state index contributed by atoms with van der Waals surface area (Å²) in [6.45, 7) is 1.27. The number of thiophene rings is 1. The molecule has 3 aromatic rings. The van der Waals surface area contributed by atoms with E-state index in [0.29, 0.717) is 9.90 Å². The Bertz CT molecular complexity index is 1070. The number of halogens is 1. The maximum Gasteiger partial charge on any atom is 0.325 e. The van der Waals surface area contributed by atoms with Crippen LogP contribution in [0.4, 0.5) is 0 Å². The first-order chi connectivity index (χ1) is 15.0. The third-order valence-corrected chi connectivity index (χ3v) is 6.29. The number of hydrogen-bond donors (Lipinski definition) is 2. The Hall–Kier alpha value is -2.90. The van der Waals surface area contributed by atoms with Gasteiger partial charge in [-0.25, -0.2) is 0 Å². The lowest BCUT2D eigenvalue weighted by Crippen LogP contribution is -2.35. The molecule has 2 amide bonds. The second-order valence-electron chi connectivity index (χ2n) is 6.90. The second kappa shape index (κ2) is 10.9. The number of carbonyl (C=O) groups is 3. The van der Waals surface area contributed by atoms with E-state index in [9.17, 15) is 14.4 Å². The van der Waals surface area contributed by atoms with Crippen LogP contribution in [0.3, 0.4) is 0 Å². The molecule has 0 bridgehead atoms. The van der Waals surface area contributed by atoms with Crippen molar-refractivity contribution in [3.8, 4) is 0 Å². The smallest absolute Gasteiger partial charge is 0.325 e. The van der Waals surface area contributed by atoms with Gasteiger partial charge in [-0.15, -0.1) is 11.3 Å². The van der Waals surface area contributed by atoms with E-state index in [1.165, 1.54) is 11.3 Å². The van der Waals surface area contributed by atoms with Crippen molar-refractivity contribution < 1.29 is 19.1 Å². The van der Waals surface area contributed by atoms with E-state index in [1.807, 2.05) is 61.5 Å². The van der Waals surface area contributed by atoms with Crippen LogP contribution in [0.15, 0.2) is 54.6 Å². The number of benzene rings is 2. The van der Waals surface area contributed by atoms with Crippen LogP contribution in [0.5, 0.6) is 0 Å². The Kier molecular flexibility index (Phi) is 8.03. The normalized spacial score (nSPS) is 11.7. The summed E-state index contributed by atoms with van der Waals surface area (Å²) in [7, 11) is 0. The summed E-state index contributed by atoms with van der Waals surface area (Å²) in [5.74, 6) is -1.55. The highest BCUT2D eigenvalue weighted by Gasteiger charge is 2.19. The van der Waals surface area contributed by atoms with Crippen molar-refractivity contribution in [2.45, 2.75) is 25.8 Å². The zero-order valence-electron chi connectivity index (χ0n) is 17.0. The molecule has 2 aromatic carbocycles. The summed E-state index contributed by atoms with van der Waals surface area (Å²) in [6.07, 6.45) is 1.67. The van der Waals surface area contributed by atoms with Crippen molar-refractivity contribution >= 4 is 50.8 Å². The Labute approximate surface area is 189 Å². The highest BCUT2D eigenvalue weighted by molar-refractivity contribution is 7.21. The minimum Gasteiger partial charge on any atom is -0.454 e. The molecule has 0 aliphatic rings. The van der Waals surface area contributed by atoms with Crippen molar-refractivity contribution in [2.75, 3.05) is 13.2 Å². The van der Waals surface area contributed by atoms with E-state index >= 15 is 0 Å². The Morgan fingerprint density at radius 1 is 1.06 bits per heavy atom. The summed E-state index contributed by atoms with van der Waals surface area (Å²) in [4.78, 5) is 36.9. The molecule has 0 saturated carbocycles. The van der Waals surface area contributed by atoms with E-state index in [-0.39, 0.29) is 12.6 Å². The molecule has 6 nitrogen and oxygen atoms in total. The third-order valence-electron chi connectivity index (χ3n) is 4.61. The zero-order chi connectivity index (χ0) is 22.2. The highest BCUT2D eigenvalue weighted by Crippen LogP contribution is 2.34. The van der Waals surface area contributed by atoms with Crippen LogP contribution in [0.2, 0.25) is 5.02 Å². The largest absolute Gasteiger partial charge is 0.454 e. The van der Waals surface area contributed by atoms with Gasteiger partial charge in [0.15, 0.2) is 6.61 Å². The molecule has 31 heavy (non-hydrogen) atoms. The molecule has 0 saturated heterocycles. The van der Waals surface area contributed by atoms with Gasteiger partial charge in [0, 0.05) is 10.1 Å². The van der Waals surface area contributed by atoms with Gasteiger partial charge in [0.1, 0.15) is 11.4 Å². The average molecular weight is 459 g/mol. The molecular formula is C23H23ClN2O4S. The fourth-order valence-corrected chi connectivity index (χ4v) is 4.56. The molecule has 3 rings (SSSR count). The van der Waals surface area contributed by atoms with Gasteiger partial charge in [-0.1, -0.05) is 73.5 Å². The topological polar surface area (TPSA) is 84.5 Å². The number of rotatable bonds is 9. The standard InChI is InChI=1S/C23H23ClN2O4S/c1-2-8-17(15-9-4-3-5-10-15)26-19(27)14-30-20(28)13-25-23(29)22-21(24)16-11-6-7-12-18(16)31-22/h3-7,9-12,17H,2,8,13-14H2,1H3,(H,25,29)(H,26,27).